The molecule has 3 rings (SSSR count). The highest BCUT2D eigenvalue weighted by molar-refractivity contribution is 7.99. The van der Waals surface area contributed by atoms with Gasteiger partial charge in [-0.15, -0.1) is 0 Å². The normalized spacial score (nSPS) is 10.8. The summed E-state index contributed by atoms with van der Waals surface area (Å²) in [7, 11) is 0. The Hall–Kier alpha value is -2.71. The molecular formula is C16H12ClN3O4S. The molecule has 2 N–H and O–H groups in total. The number of nitrogens with zero attached hydrogens (tertiary/aromatic N) is 2. The summed E-state index contributed by atoms with van der Waals surface area (Å²) in [5.74, 6) is -0.298. The number of H-pyrrole nitrogens is 1. The zero-order chi connectivity index (χ0) is 18.0. The number of nitro benzene ring substituents is 1. The molecule has 1 aromatic heterocycles. The number of nitro groups is 1. The molecule has 3 aromatic rings. The fraction of sp³-hybridized carbons (Fsp3) is 0.0625. The van der Waals surface area contributed by atoms with E-state index in [1.807, 2.05) is 0 Å². The highest BCUT2D eigenvalue weighted by Crippen LogP contribution is 2.35. The number of aromatic amines is 1. The number of hydrogen-bond donors (Lipinski definition) is 2. The number of hydrogen-bond acceptors (Lipinski definition) is 5. The first kappa shape index (κ1) is 17.1. The number of benzene rings is 2. The highest BCUT2D eigenvalue weighted by Gasteiger charge is 2.19. The van der Waals surface area contributed by atoms with Crippen LogP contribution in [0.15, 0.2) is 63.1 Å². The second-order valence-electron chi connectivity index (χ2n) is 5.10. The maximum atomic E-state index is 12.2. The molecule has 0 saturated heterocycles. The number of halogens is 1. The van der Waals surface area contributed by atoms with E-state index < -0.39 is 10.5 Å². The topological polar surface area (TPSA) is 101 Å². The van der Waals surface area contributed by atoms with Gasteiger partial charge in [-0.1, -0.05) is 53.7 Å². The molecule has 1 heterocycles. The Morgan fingerprint density at radius 3 is 2.60 bits per heavy atom. The molecular weight excluding hydrogens is 366 g/mol. The van der Waals surface area contributed by atoms with Crippen LogP contribution in [0.5, 0.6) is 5.88 Å². The quantitative estimate of drug-likeness (QED) is 0.522. The van der Waals surface area contributed by atoms with Crippen molar-refractivity contribution in [3.8, 4) is 5.88 Å². The smallest absolute Gasteiger partial charge is 0.282 e. The van der Waals surface area contributed by atoms with Gasteiger partial charge in [-0.2, -0.15) is 0 Å². The van der Waals surface area contributed by atoms with Crippen LogP contribution in [-0.2, 0) is 6.54 Å². The number of aromatic hydroxyl groups is 1. The van der Waals surface area contributed by atoms with E-state index in [0.717, 1.165) is 11.8 Å². The van der Waals surface area contributed by atoms with Crippen molar-refractivity contribution in [3.05, 3.63) is 79.6 Å². The standard InChI is InChI=1S/C16H12ClN3O4S/c17-11-6-2-4-8-13(11)25-14-15(21)18-19(16(14)22)9-10-5-1-3-7-12(10)20(23)24/h1-8,22H,9H2,(H,18,21). The molecule has 128 valence electrons. The third-order valence-corrected chi connectivity index (χ3v) is 5.06. The molecule has 0 aliphatic heterocycles. The van der Waals surface area contributed by atoms with Crippen LogP contribution in [0.4, 0.5) is 5.69 Å². The Kier molecular flexibility index (Phi) is 4.82. The Morgan fingerprint density at radius 1 is 1.20 bits per heavy atom. The van der Waals surface area contributed by atoms with Gasteiger partial charge in [0.2, 0.25) is 5.88 Å². The summed E-state index contributed by atoms with van der Waals surface area (Å²) in [6.45, 7) is -0.0404. The molecule has 0 spiro atoms. The summed E-state index contributed by atoms with van der Waals surface area (Å²) in [5, 5.41) is 24.4. The summed E-state index contributed by atoms with van der Waals surface area (Å²) in [6.07, 6.45) is 0. The van der Waals surface area contributed by atoms with E-state index >= 15 is 0 Å². The molecule has 0 amide bonds. The molecule has 0 bridgehead atoms. The van der Waals surface area contributed by atoms with Crippen molar-refractivity contribution in [2.45, 2.75) is 16.3 Å². The van der Waals surface area contributed by atoms with Crippen molar-refractivity contribution < 1.29 is 10.0 Å². The summed E-state index contributed by atoms with van der Waals surface area (Å²) in [4.78, 5) is 23.4. The van der Waals surface area contributed by atoms with Crippen LogP contribution < -0.4 is 5.56 Å². The first-order valence-electron chi connectivity index (χ1n) is 7.14. The van der Waals surface area contributed by atoms with Gasteiger partial charge in [0, 0.05) is 11.0 Å². The molecule has 7 nitrogen and oxygen atoms in total. The van der Waals surface area contributed by atoms with Crippen molar-refractivity contribution in [2.24, 2.45) is 0 Å². The lowest BCUT2D eigenvalue weighted by molar-refractivity contribution is -0.385. The van der Waals surface area contributed by atoms with E-state index in [9.17, 15) is 20.0 Å². The fourth-order valence-electron chi connectivity index (χ4n) is 2.29. The number of para-hydroxylation sites is 1. The van der Waals surface area contributed by atoms with E-state index in [4.69, 9.17) is 11.6 Å². The Morgan fingerprint density at radius 2 is 1.88 bits per heavy atom. The number of rotatable bonds is 5. The Bertz CT molecular complexity index is 999. The average Bonchev–Trinajstić information content (AvgIpc) is 2.84. The molecule has 25 heavy (non-hydrogen) atoms. The van der Waals surface area contributed by atoms with E-state index in [1.165, 1.54) is 10.7 Å². The lowest BCUT2D eigenvalue weighted by Gasteiger charge is -2.06. The third-order valence-electron chi connectivity index (χ3n) is 3.47. The minimum absolute atomic E-state index is 0.0404. The first-order valence-corrected chi connectivity index (χ1v) is 8.33. The van der Waals surface area contributed by atoms with E-state index in [1.54, 1.807) is 42.5 Å². The molecule has 0 fully saturated rings. The summed E-state index contributed by atoms with van der Waals surface area (Å²) in [6, 6.07) is 13.1. The molecule has 0 radical (unpaired) electrons. The first-order chi connectivity index (χ1) is 12.0. The van der Waals surface area contributed by atoms with Crippen molar-refractivity contribution in [1.29, 1.82) is 0 Å². The Balaban J connectivity index is 1.95. The van der Waals surface area contributed by atoms with Crippen molar-refractivity contribution in [1.82, 2.24) is 9.78 Å². The van der Waals surface area contributed by atoms with Gasteiger partial charge < -0.3 is 5.11 Å². The van der Waals surface area contributed by atoms with Crippen LogP contribution in [0.3, 0.4) is 0 Å². The lowest BCUT2D eigenvalue weighted by atomic mass is 10.2. The minimum atomic E-state index is -0.507. The van der Waals surface area contributed by atoms with Crippen LogP contribution >= 0.6 is 23.4 Å². The van der Waals surface area contributed by atoms with Crippen LogP contribution in [0, 0.1) is 10.1 Å². The highest BCUT2D eigenvalue weighted by atomic mass is 35.5. The van der Waals surface area contributed by atoms with E-state index in [2.05, 4.69) is 5.10 Å². The van der Waals surface area contributed by atoms with Crippen LogP contribution in [-0.4, -0.2) is 19.8 Å². The molecule has 0 atom stereocenters. The van der Waals surface area contributed by atoms with Crippen molar-refractivity contribution in [3.63, 3.8) is 0 Å². The van der Waals surface area contributed by atoms with Crippen LogP contribution in [0.1, 0.15) is 5.56 Å². The maximum Gasteiger partial charge on any atom is 0.282 e. The summed E-state index contributed by atoms with van der Waals surface area (Å²) >= 11 is 7.10. The summed E-state index contributed by atoms with van der Waals surface area (Å²) in [5.41, 5.74) is -0.221. The number of nitrogens with one attached hydrogen (secondary N) is 1. The molecule has 0 aliphatic carbocycles. The van der Waals surface area contributed by atoms with Crippen molar-refractivity contribution >= 4 is 29.1 Å². The lowest BCUT2D eigenvalue weighted by Crippen LogP contribution is -2.08. The minimum Gasteiger partial charge on any atom is -0.493 e. The van der Waals surface area contributed by atoms with Gasteiger partial charge in [0.25, 0.3) is 11.2 Å². The SMILES string of the molecule is O=c1[nH]n(Cc2ccccc2[N+](=O)[O-])c(O)c1Sc1ccccc1Cl. The van der Waals surface area contributed by atoms with E-state index in [0.29, 0.717) is 15.5 Å². The van der Waals surface area contributed by atoms with E-state index in [-0.39, 0.29) is 23.0 Å². The van der Waals surface area contributed by atoms with Gasteiger partial charge in [0.1, 0.15) is 4.90 Å². The predicted octanol–water partition coefficient (Wildman–Crippen LogP) is 3.64. The average molecular weight is 378 g/mol. The monoisotopic (exact) mass is 377 g/mol. The second kappa shape index (κ2) is 7.04. The molecule has 2 aromatic carbocycles. The largest absolute Gasteiger partial charge is 0.493 e. The van der Waals surface area contributed by atoms with Crippen LogP contribution in [0.25, 0.3) is 0 Å². The Labute approximate surface area is 151 Å². The molecule has 0 unspecified atom stereocenters. The van der Waals surface area contributed by atoms with Gasteiger partial charge in [-0.05, 0) is 12.1 Å². The van der Waals surface area contributed by atoms with Gasteiger partial charge in [-0.25, -0.2) is 4.68 Å². The summed E-state index contributed by atoms with van der Waals surface area (Å²) < 4.78 is 1.17. The van der Waals surface area contributed by atoms with Gasteiger partial charge in [0.05, 0.1) is 22.1 Å². The second-order valence-corrected chi connectivity index (χ2v) is 6.56. The zero-order valence-corrected chi connectivity index (χ0v) is 14.3. The molecule has 0 saturated carbocycles. The van der Waals surface area contributed by atoms with Gasteiger partial charge in [-0.3, -0.25) is 20.0 Å². The van der Waals surface area contributed by atoms with Gasteiger partial charge >= 0.3 is 0 Å². The molecule has 0 aliphatic rings. The van der Waals surface area contributed by atoms with Crippen molar-refractivity contribution in [2.75, 3.05) is 0 Å². The number of aromatic nitrogens is 2. The zero-order valence-electron chi connectivity index (χ0n) is 12.7. The maximum absolute atomic E-state index is 12.2. The third kappa shape index (κ3) is 3.54. The van der Waals surface area contributed by atoms with Crippen LogP contribution in [0.2, 0.25) is 5.02 Å². The fourth-order valence-corrected chi connectivity index (χ4v) is 3.41. The predicted molar refractivity (Wildman–Crippen MR) is 94.5 cm³/mol. The van der Waals surface area contributed by atoms with Gasteiger partial charge in [0.15, 0.2) is 0 Å². The molecule has 9 heteroatoms.